The molecule has 0 heterocycles. The van der Waals surface area contributed by atoms with Crippen molar-refractivity contribution in [3.63, 3.8) is 0 Å². The van der Waals surface area contributed by atoms with Gasteiger partial charge in [-0.2, -0.15) is 0 Å². The van der Waals surface area contributed by atoms with E-state index < -0.39 is 0 Å². The first-order valence-electron chi connectivity index (χ1n) is 7.24. The van der Waals surface area contributed by atoms with Gasteiger partial charge in [0.1, 0.15) is 0 Å². The van der Waals surface area contributed by atoms with Crippen LogP contribution in [0.3, 0.4) is 0 Å². The van der Waals surface area contributed by atoms with Gasteiger partial charge in [-0.1, -0.05) is 44.0 Å². The second-order valence-electron chi connectivity index (χ2n) is 5.48. The molecule has 1 aromatic rings. The first-order valence-corrected chi connectivity index (χ1v) is 7.62. The van der Waals surface area contributed by atoms with Crippen LogP contribution in [0, 0.1) is 0 Å². The number of halogens is 1. The Morgan fingerprint density at radius 1 is 1.22 bits per heavy atom. The second kappa shape index (κ2) is 6.58. The maximum Gasteiger partial charge on any atom is 0.0406 e. The third-order valence-corrected chi connectivity index (χ3v) is 4.33. The molecule has 1 aromatic carbocycles. The Kier molecular flexibility index (Phi) is 5.08. The van der Waals surface area contributed by atoms with Gasteiger partial charge in [0, 0.05) is 17.1 Å². The van der Waals surface area contributed by atoms with Crippen LogP contribution in [-0.2, 0) is 0 Å². The first kappa shape index (κ1) is 13.9. The Morgan fingerprint density at radius 3 is 2.44 bits per heavy atom. The molecule has 1 nitrogen and oxygen atoms in total. The van der Waals surface area contributed by atoms with Gasteiger partial charge in [0.05, 0.1) is 0 Å². The van der Waals surface area contributed by atoms with Crippen LogP contribution in [0.4, 0.5) is 0 Å². The van der Waals surface area contributed by atoms with Crippen molar-refractivity contribution in [3.05, 3.63) is 34.9 Å². The van der Waals surface area contributed by atoms with Crippen LogP contribution >= 0.6 is 11.6 Å². The molecule has 1 atom stereocenters. The van der Waals surface area contributed by atoms with E-state index in [0.717, 1.165) is 17.0 Å². The second-order valence-corrected chi connectivity index (χ2v) is 5.91. The van der Waals surface area contributed by atoms with Gasteiger partial charge in [0.25, 0.3) is 0 Å². The summed E-state index contributed by atoms with van der Waals surface area (Å²) >= 11 is 5.92. The van der Waals surface area contributed by atoms with Crippen molar-refractivity contribution in [1.29, 1.82) is 0 Å². The smallest absolute Gasteiger partial charge is 0.0406 e. The van der Waals surface area contributed by atoms with E-state index in [1.807, 2.05) is 12.1 Å². The third kappa shape index (κ3) is 3.49. The quantitative estimate of drug-likeness (QED) is 0.782. The summed E-state index contributed by atoms with van der Waals surface area (Å²) in [4.78, 5) is 0. The maximum atomic E-state index is 5.92. The van der Waals surface area contributed by atoms with Crippen LogP contribution in [0.2, 0.25) is 5.02 Å². The molecular formula is C16H24ClN. The Morgan fingerprint density at radius 2 is 1.89 bits per heavy atom. The zero-order chi connectivity index (χ0) is 13.0. The van der Waals surface area contributed by atoms with Crippen LogP contribution in [0.5, 0.6) is 0 Å². The highest BCUT2D eigenvalue weighted by Gasteiger charge is 2.30. The molecule has 0 aromatic heterocycles. The van der Waals surface area contributed by atoms with Crippen LogP contribution in [-0.4, -0.2) is 12.1 Å². The van der Waals surface area contributed by atoms with Crippen LogP contribution < -0.4 is 5.32 Å². The summed E-state index contributed by atoms with van der Waals surface area (Å²) < 4.78 is 0. The predicted molar refractivity (Wildman–Crippen MR) is 79.3 cm³/mol. The van der Waals surface area contributed by atoms with Crippen molar-refractivity contribution in [1.82, 2.24) is 5.32 Å². The summed E-state index contributed by atoms with van der Waals surface area (Å²) in [5, 5.41) is 4.62. The number of rotatable bonds is 6. The van der Waals surface area contributed by atoms with Crippen molar-refractivity contribution in [2.75, 3.05) is 0 Å². The summed E-state index contributed by atoms with van der Waals surface area (Å²) in [5.41, 5.74) is 1.45. The van der Waals surface area contributed by atoms with E-state index in [9.17, 15) is 0 Å². The van der Waals surface area contributed by atoms with Crippen molar-refractivity contribution in [2.24, 2.45) is 0 Å². The molecular weight excluding hydrogens is 242 g/mol. The van der Waals surface area contributed by atoms with E-state index in [1.54, 1.807) is 0 Å². The molecule has 18 heavy (non-hydrogen) atoms. The minimum Gasteiger partial charge on any atom is -0.311 e. The molecule has 1 N–H and O–H groups in total. The lowest BCUT2D eigenvalue weighted by molar-refractivity contribution is 0.255. The molecule has 0 amide bonds. The molecule has 1 aliphatic carbocycles. The highest BCUT2D eigenvalue weighted by Crippen LogP contribution is 2.37. The third-order valence-electron chi connectivity index (χ3n) is 4.08. The minimum absolute atomic E-state index is 0.714. The van der Waals surface area contributed by atoms with Gasteiger partial charge in [-0.25, -0.2) is 0 Å². The number of hydrogen-bond donors (Lipinski definition) is 1. The van der Waals surface area contributed by atoms with Crippen LogP contribution in [0.15, 0.2) is 24.3 Å². The fourth-order valence-electron chi connectivity index (χ4n) is 2.85. The van der Waals surface area contributed by atoms with E-state index in [2.05, 4.69) is 31.3 Å². The standard InChI is InChI=1S/C16H24ClN/c1-3-5-15(4-2)18-16-10-13(11-16)12-6-8-14(17)9-7-12/h6-9,13,15-16,18H,3-5,10-11H2,1-2H3. The molecule has 1 aliphatic rings. The van der Waals surface area contributed by atoms with Gasteiger partial charge in [-0.15, -0.1) is 0 Å². The molecule has 0 spiro atoms. The van der Waals surface area contributed by atoms with E-state index in [0.29, 0.717) is 6.04 Å². The Balaban J connectivity index is 1.78. The largest absolute Gasteiger partial charge is 0.311 e. The topological polar surface area (TPSA) is 12.0 Å². The summed E-state index contributed by atoms with van der Waals surface area (Å²) in [6.45, 7) is 4.55. The highest BCUT2D eigenvalue weighted by atomic mass is 35.5. The lowest BCUT2D eigenvalue weighted by Gasteiger charge is -2.38. The van der Waals surface area contributed by atoms with E-state index in [4.69, 9.17) is 11.6 Å². The van der Waals surface area contributed by atoms with Crippen LogP contribution in [0.25, 0.3) is 0 Å². The molecule has 1 fully saturated rings. The fraction of sp³-hybridized carbons (Fsp3) is 0.625. The highest BCUT2D eigenvalue weighted by molar-refractivity contribution is 6.30. The summed E-state index contributed by atoms with van der Waals surface area (Å²) in [6, 6.07) is 9.79. The number of hydrogen-bond acceptors (Lipinski definition) is 1. The molecule has 2 rings (SSSR count). The minimum atomic E-state index is 0.714. The summed E-state index contributed by atoms with van der Waals surface area (Å²) in [7, 11) is 0. The SMILES string of the molecule is CCCC(CC)NC1CC(c2ccc(Cl)cc2)C1. The summed E-state index contributed by atoms with van der Waals surface area (Å²) in [6.07, 6.45) is 6.39. The lowest BCUT2D eigenvalue weighted by atomic mass is 9.75. The van der Waals surface area contributed by atoms with Gasteiger partial charge in [0.15, 0.2) is 0 Å². The van der Waals surface area contributed by atoms with Gasteiger partial charge in [0.2, 0.25) is 0 Å². The molecule has 0 aliphatic heterocycles. The maximum absolute atomic E-state index is 5.92. The Labute approximate surface area is 116 Å². The van der Waals surface area contributed by atoms with Gasteiger partial charge in [-0.3, -0.25) is 0 Å². The predicted octanol–water partition coefficient (Wildman–Crippen LogP) is 4.75. The Bertz CT molecular complexity index is 354. The zero-order valence-electron chi connectivity index (χ0n) is 11.5. The molecule has 1 unspecified atom stereocenters. The average molecular weight is 266 g/mol. The molecule has 0 bridgehead atoms. The van der Waals surface area contributed by atoms with Crippen molar-refractivity contribution >= 4 is 11.6 Å². The summed E-state index contributed by atoms with van der Waals surface area (Å²) in [5.74, 6) is 0.735. The van der Waals surface area contributed by atoms with E-state index >= 15 is 0 Å². The molecule has 2 heteroatoms. The molecule has 1 saturated carbocycles. The van der Waals surface area contributed by atoms with Gasteiger partial charge >= 0.3 is 0 Å². The van der Waals surface area contributed by atoms with E-state index in [1.165, 1.54) is 37.7 Å². The monoisotopic (exact) mass is 265 g/mol. The van der Waals surface area contributed by atoms with Crippen molar-refractivity contribution in [3.8, 4) is 0 Å². The van der Waals surface area contributed by atoms with Crippen molar-refractivity contribution < 1.29 is 0 Å². The number of benzene rings is 1. The van der Waals surface area contributed by atoms with Gasteiger partial charge in [-0.05, 0) is 49.3 Å². The zero-order valence-corrected chi connectivity index (χ0v) is 12.2. The normalized spacial score (nSPS) is 24.6. The van der Waals surface area contributed by atoms with E-state index in [-0.39, 0.29) is 0 Å². The van der Waals surface area contributed by atoms with Gasteiger partial charge < -0.3 is 5.32 Å². The molecule has 0 saturated heterocycles. The van der Waals surface area contributed by atoms with Crippen LogP contribution in [0.1, 0.15) is 57.4 Å². The Hall–Kier alpha value is -0.530. The average Bonchev–Trinajstić information content (AvgIpc) is 2.33. The number of nitrogens with one attached hydrogen (secondary N) is 1. The first-order chi connectivity index (χ1) is 8.72. The lowest BCUT2D eigenvalue weighted by Crippen LogP contribution is -2.45. The molecule has 0 radical (unpaired) electrons. The molecule has 100 valence electrons. The fourth-order valence-corrected chi connectivity index (χ4v) is 2.97. The van der Waals surface area contributed by atoms with Crippen molar-refractivity contribution in [2.45, 2.75) is 64.0 Å².